The predicted octanol–water partition coefficient (Wildman–Crippen LogP) is -0.657. The molecule has 1 aromatic rings. The number of carbonyl (C=O) groups excluding carboxylic acids is 1. The van der Waals surface area contributed by atoms with Crippen LogP contribution in [0.3, 0.4) is 0 Å². The number of rotatable bonds is 6. The van der Waals surface area contributed by atoms with Gasteiger partial charge in [-0.15, -0.1) is 0 Å². The van der Waals surface area contributed by atoms with Gasteiger partial charge in [0.2, 0.25) is 11.7 Å². The van der Waals surface area contributed by atoms with E-state index in [1.807, 2.05) is 6.92 Å². The number of amides is 1. The van der Waals surface area contributed by atoms with Gasteiger partial charge in [-0.25, -0.2) is 15.8 Å². The Balaban J connectivity index is 3.08. The fourth-order valence-electron chi connectivity index (χ4n) is 1.47. The number of ether oxygens (including phenoxy) is 1. The van der Waals surface area contributed by atoms with Crippen molar-refractivity contribution in [1.29, 1.82) is 0 Å². The highest BCUT2D eigenvalue weighted by Crippen LogP contribution is 2.30. The lowest BCUT2D eigenvalue weighted by molar-refractivity contribution is -0.119. The summed E-state index contributed by atoms with van der Waals surface area (Å²) in [6.07, 6.45) is 1.36. The Labute approximate surface area is 106 Å². The van der Waals surface area contributed by atoms with Crippen molar-refractivity contribution in [2.45, 2.75) is 6.92 Å². The van der Waals surface area contributed by atoms with Crippen LogP contribution in [0.4, 0.5) is 11.6 Å². The molecule has 0 radical (unpaired) electrons. The summed E-state index contributed by atoms with van der Waals surface area (Å²) in [5, 5.41) is 2.56. The maximum atomic E-state index is 11.4. The maximum absolute atomic E-state index is 11.4. The van der Waals surface area contributed by atoms with Crippen LogP contribution in [0.1, 0.15) is 6.92 Å². The van der Waals surface area contributed by atoms with E-state index in [0.717, 1.165) is 0 Å². The Kier molecular flexibility index (Phi) is 5.12. The third-order valence-electron chi connectivity index (χ3n) is 2.42. The summed E-state index contributed by atoms with van der Waals surface area (Å²) in [7, 11) is 3.08. The van der Waals surface area contributed by atoms with Crippen molar-refractivity contribution in [3.05, 3.63) is 6.33 Å². The van der Waals surface area contributed by atoms with Gasteiger partial charge in [-0.3, -0.25) is 4.79 Å². The molecule has 0 aliphatic carbocycles. The van der Waals surface area contributed by atoms with Gasteiger partial charge < -0.3 is 20.4 Å². The molecule has 4 N–H and O–H groups in total. The number of nitrogens with two attached hydrogens (primary N) is 1. The topological polar surface area (TPSA) is 105 Å². The van der Waals surface area contributed by atoms with E-state index in [9.17, 15) is 4.79 Å². The number of nitrogens with one attached hydrogen (secondary N) is 2. The second kappa shape index (κ2) is 6.60. The van der Waals surface area contributed by atoms with Crippen molar-refractivity contribution in [3.8, 4) is 5.75 Å². The monoisotopic (exact) mass is 254 g/mol. The number of likely N-dealkylation sites (N-methyl/N-ethyl adjacent to an activating group) is 2. The molecule has 0 aliphatic rings. The summed E-state index contributed by atoms with van der Waals surface area (Å²) in [5.41, 5.74) is 2.43. The van der Waals surface area contributed by atoms with Crippen molar-refractivity contribution in [2.75, 3.05) is 37.6 Å². The van der Waals surface area contributed by atoms with E-state index in [2.05, 4.69) is 20.7 Å². The fourth-order valence-corrected chi connectivity index (χ4v) is 1.47. The van der Waals surface area contributed by atoms with E-state index in [1.165, 1.54) is 13.4 Å². The summed E-state index contributed by atoms with van der Waals surface area (Å²) in [6.45, 7) is 2.70. The van der Waals surface area contributed by atoms with E-state index in [1.54, 1.807) is 11.9 Å². The van der Waals surface area contributed by atoms with Crippen LogP contribution in [0, 0.1) is 0 Å². The summed E-state index contributed by atoms with van der Waals surface area (Å²) >= 11 is 0. The molecule has 0 spiro atoms. The van der Waals surface area contributed by atoms with Crippen LogP contribution in [-0.4, -0.2) is 43.1 Å². The number of nitrogen functional groups attached to an aromatic ring is 1. The van der Waals surface area contributed by atoms with E-state index in [-0.39, 0.29) is 12.5 Å². The minimum Gasteiger partial charge on any atom is -0.490 e. The molecule has 1 aromatic heterocycles. The van der Waals surface area contributed by atoms with Gasteiger partial charge in [-0.1, -0.05) is 0 Å². The first kappa shape index (κ1) is 14.0. The number of hydrogen-bond acceptors (Lipinski definition) is 7. The lowest BCUT2D eigenvalue weighted by atomic mass is 10.4. The zero-order valence-corrected chi connectivity index (χ0v) is 10.7. The molecule has 0 fully saturated rings. The second-order valence-corrected chi connectivity index (χ2v) is 3.41. The molecule has 0 atom stereocenters. The first-order valence-electron chi connectivity index (χ1n) is 5.49. The molecule has 0 saturated heterocycles. The Morgan fingerprint density at radius 2 is 2.28 bits per heavy atom. The third-order valence-corrected chi connectivity index (χ3v) is 2.42. The molecule has 8 heteroatoms. The van der Waals surface area contributed by atoms with Gasteiger partial charge in [0.25, 0.3) is 0 Å². The Morgan fingerprint density at radius 1 is 1.56 bits per heavy atom. The lowest BCUT2D eigenvalue weighted by Crippen LogP contribution is -2.36. The normalized spacial score (nSPS) is 9.78. The van der Waals surface area contributed by atoms with Crippen LogP contribution in [0.25, 0.3) is 0 Å². The quantitative estimate of drug-likeness (QED) is 0.457. The van der Waals surface area contributed by atoms with Gasteiger partial charge in [0.05, 0.1) is 13.7 Å². The zero-order chi connectivity index (χ0) is 13.5. The number of hydrogen-bond donors (Lipinski definition) is 3. The molecule has 0 aliphatic heterocycles. The second-order valence-electron chi connectivity index (χ2n) is 3.41. The number of aromatic nitrogens is 2. The van der Waals surface area contributed by atoms with Gasteiger partial charge in [-0.05, 0) is 6.92 Å². The van der Waals surface area contributed by atoms with Crippen molar-refractivity contribution < 1.29 is 9.53 Å². The number of carbonyl (C=O) groups is 1. The smallest absolute Gasteiger partial charge is 0.239 e. The SMILES string of the molecule is CCN(CC(=O)NC)c1ncnc(NN)c1OC. The van der Waals surface area contributed by atoms with E-state index in [4.69, 9.17) is 10.6 Å². The Bertz CT molecular complexity index is 411. The van der Waals surface area contributed by atoms with Crippen LogP contribution in [0.15, 0.2) is 6.33 Å². The molecule has 100 valence electrons. The predicted molar refractivity (Wildman–Crippen MR) is 68.3 cm³/mol. The highest BCUT2D eigenvalue weighted by molar-refractivity contribution is 5.81. The minimum atomic E-state index is -0.111. The van der Waals surface area contributed by atoms with Crippen LogP contribution >= 0.6 is 0 Å². The summed E-state index contributed by atoms with van der Waals surface area (Å²) in [5.74, 6) is 6.54. The van der Waals surface area contributed by atoms with Crippen molar-refractivity contribution >= 4 is 17.5 Å². The summed E-state index contributed by atoms with van der Waals surface area (Å²) < 4.78 is 5.22. The molecule has 0 saturated carbocycles. The summed E-state index contributed by atoms with van der Waals surface area (Å²) in [4.78, 5) is 21.3. The van der Waals surface area contributed by atoms with E-state index in [0.29, 0.717) is 23.9 Å². The summed E-state index contributed by atoms with van der Waals surface area (Å²) in [6, 6.07) is 0. The van der Waals surface area contributed by atoms with Gasteiger partial charge in [-0.2, -0.15) is 0 Å². The van der Waals surface area contributed by atoms with Gasteiger partial charge in [0, 0.05) is 13.6 Å². The molecule has 1 amide bonds. The minimum absolute atomic E-state index is 0.111. The third kappa shape index (κ3) is 2.98. The molecule has 0 unspecified atom stereocenters. The number of methoxy groups -OCH3 is 1. The van der Waals surface area contributed by atoms with Crippen molar-refractivity contribution in [3.63, 3.8) is 0 Å². The Morgan fingerprint density at radius 3 is 2.78 bits per heavy atom. The average molecular weight is 254 g/mol. The van der Waals surface area contributed by atoms with Crippen molar-refractivity contribution in [2.24, 2.45) is 5.84 Å². The first-order chi connectivity index (χ1) is 8.67. The number of nitrogens with zero attached hydrogens (tertiary/aromatic N) is 3. The van der Waals surface area contributed by atoms with Crippen LogP contribution in [0.2, 0.25) is 0 Å². The standard InChI is InChI=1S/C10H18N6O2/c1-4-16(5-7(17)12-2)10-8(18-3)9(15-11)13-6-14-10/h6H,4-5,11H2,1-3H3,(H,12,17)(H,13,14,15). The van der Waals surface area contributed by atoms with Crippen LogP contribution in [0.5, 0.6) is 5.75 Å². The molecule has 0 bridgehead atoms. The maximum Gasteiger partial charge on any atom is 0.239 e. The van der Waals surface area contributed by atoms with Crippen LogP contribution in [-0.2, 0) is 4.79 Å². The van der Waals surface area contributed by atoms with Gasteiger partial charge >= 0.3 is 0 Å². The molecular formula is C10H18N6O2. The molecule has 1 rings (SSSR count). The number of hydrazine groups is 1. The Hall–Kier alpha value is -2.09. The molecule has 8 nitrogen and oxygen atoms in total. The molecule has 1 heterocycles. The molecule has 18 heavy (non-hydrogen) atoms. The average Bonchev–Trinajstić information content (AvgIpc) is 2.43. The zero-order valence-electron chi connectivity index (χ0n) is 10.7. The molecule has 0 aromatic carbocycles. The van der Waals surface area contributed by atoms with E-state index >= 15 is 0 Å². The highest BCUT2D eigenvalue weighted by Gasteiger charge is 2.18. The largest absolute Gasteiger partial charge is 0.490 e. The van der Waals surface area contributed by atoms with Crippen LogP contribution < -0.4 is 26.2 Å². The lowest BCUT2D eigenvalue weighted by Gasteiger charge is -2.23. The first-order valence-corrected chi connectivity index (χ1v) is 5.49. The fraction of sp³-hybridized carbons (Fsp3) is 0.500. The number of anilines is 2. The van der Waals surface area contributed by atoms with Crippen molar-refractivity contribution in [1.82, 2.24) is 15.3 Å². The van der Waals surface area contributed by atoms with Gasteiger partial charge in [0.15, 0.2) is 11.6 Å². The van der Waals surface area contributed by atoms with Gasteiger partial charge in [0.1, 0.15) is 6.33 Å². The van der Waals surface area contributed by atoms with E-state index < -0.39 is 0 Å². The highest BCUT2D eigenvalue weighted by atomic mass is 16.5. The molecular weight excluding hydrogens is 236 g/mol.